The van der Waals surface area contributed by atoms with Crippen LogP contribution >= 0.6 is 0 Å². The molecule has 0 bridgehead atoms. The van der Waals surface area contributed by atoms with Crippen molar-refractivity contribution in [3.63, 3.8) is 0 Å². The van der Waals surface area contributed by atoms with Crippen LogP contribution in [0.1, 0.15) is 32.4 Å². The molecule has 0 N–H and O–H groups in total. The maximum atomic E-state index is 11.9. The molecule has 3 rings (SSSR count). The summed E-state index contributed by atoms with van der Waals surface area (Å²) in [4.78, 5) is 43.1. The molecule has 0 fully saturated rings. The van der Waals surface area contributed by atoms with E-state index in [4.69, 9.17) is 4.74 Å². The fraction of sp³-hybridized carbons (Fsp3) is 0.154. The molecule has 0 atom stereocenters. The number of nitrogens with zero attached hydrogens (tertiary/aromatic N) is 2. The summed E-state index contributed by atoms with van der Waals surface area (Å²) in [6, 6.07) is 0. The molecule has 6 heteroatoms. The van der Waals surface area contributed by atoms with Crippen molar-refractivity contribution >= 4 is 29.5 Å². The number of ketones is 3. The SMILES string of the molecule is O=C1C=Cc2nc3c(nc2C1=O)/C=C\COCC3=O. The maximum absolute atomic E-state index is 11.9. The van der Waals surface area contributed by atoms with Crippen LogP contribution < -0.4 is 0 Å². The van der Waals surface area contributed by atoms with Crippen LogP contribution in [0.5, 0.6) is 0 Å². The normalized spacial score (nSPS) is 19.5. The molecule has 0 aromatic carbocycles. The molecule has 2 aliphatic rings. The molecule has 0 saturated carbocycles. The van der Waals surface area contributed by atoms with Gasteiger partial charge < -0.3 is 4.74 Å². The molecule has 0 spiro atoms. The van der Waals surface area contributed by atoms with Gasteiger partial charge in [-0.2, -0.15) is 0 Å². The van der Waals surface area contributed by atoms with Crippen LogP contribution in [0.3, 0.4) is 0 Å². The number of ether oxygens (including phenoxy) is 1. The minimum Gasteiger partial charge on any atom is -0.369 e. The summed E-state index contributed by atoms with van der Waals surface area (Å²) in [6.07, 6.45) is 5.77. The van der Waals surface area contributed by atoms with Gasteiger partial charge in [0.15, 0.2) is 0 Å². The molecule has 94 valence electrons. The minimum absolute atomic E-state index is 0.00908. The Morgan fingerprint density at radius 1 is 0.947 bits per heavy atom. The smallest absolute Gasteiger partial charge is 0.253 e. The first-order chi connectivity index (χ1) is 9.16. The predicted octanol–water partition coefficient (Wildman–Crippen LogP) is 0.481. The van der Waals surface area contributed by atoms with Crippen molar-refractivity contribution in [2.75, 3.05) is 13.2 Å². The molecule has 1 aliphatic carbocycles. The van der Waals surface area contributed by atoms with Crippen molar-refractivity contribution in [3.8, 4) is 0 Å². The van der Waals surface area contributed by atoms with Crippen LogP contribution in [-0.4, -0.2) is 40.5 Å². The molecule has 0 amide bonds. The Morgan fingerprint density at radius 3 is 2.53 bits per heavy atom. The third-order valence-corrected chi connectivity index (χ3v) is 2.77. The molecule has 1 aromatic rings. The zero-order chi connectivity index (χ0) is 13.4. The first kappa shape index (κ1) is 11.6. The Hall–Kier alpha value is -2.47. The van der Waals surface area contributed by atoms with Gasteiger partial charge in [-0.05, 0) is 18.2 Å². The largest absolute Gasteiger partial charge is 0.369 e. The molecule has 6 nitrogen and oxygen atoms in total. The number of carbonyl (C=O) groups is 3. The zero-order valence-electron chi connectivity index (χ0n) is 9.75. The van der Waals surface area contributed by atoms with Crippen molar-refractivity contribution in [3.05, 3.63) is 34.9 Å². The quantitative estimate of drug-likeness (QED) is 0.627. The van der Waals surface area contributed by atoms with Gasteiger partial charge in [0.25, 0.3) is 5.78 Å². The van der Waals surface area contributed by atoms with Crippen LogP contribution in [0.4, 0.5) is 0 Å². The molecular weight excluding hydrogens is 248 g/mol. The number of hydrogen-bond donors (Lipinski definition) is 0. The average Bonchev–Trinajstić information content (AvgIpc) is 2.40. The van der Waals surface area contributed by atoms with Gasteiger partial charge in [0.1, 0.15) is 18.0 Å². The highest BCUT2D eigenvalue weighted by atomic mass is 16.5. The van der Waals surface area contributed by atoms with Crippen molar-refractivity contribution in [1.82, 2.24) is 9.97 Å². The van der Waals surface area contributed by atoms with Crippen LogP contribution in [0, 0.1) is 0 Å². The second-order valence-corrected chi connectivity index (χ2v) is 4.06. The van der Waals surface area contributed by atoms with E-state index in [9.17, 15) is 14.4 Å². The molecule has 1 aromatic heterocycles. The lowest BCUT2D eigenvalue weighted by Gasteiger charge is -2.12. The fourth-order valence-corrected chi connectivity index (χ4v) is 1.86. The summed E-state index contributed by atoms with van der Waals surface area (Å²) in [5.74, 6) is -1.63. The summed E-state index contributed by atoms with van der Waals surface area (Å²) in [5, 5.41) is 0. The summed E-state index contributed by atoms with van der Waals surface area (Å²) in [6.45, 7) is 0.206. The third-order valence-electron chi connectivity index (χ3n) is 2.77. The molecular formula is C13H8N2O4. The number of aromatic nitrogens is 2. The standard InChI is InChI=1S/C13H8N2O4/c16-9-4-3-8-12(13(9)18)15-7-2-1-5-19-6-10(17)11(7)14-8/h1-4H,5-6H2/b2-1-. The van der Waals surface area contributed by atoms with E-state index in [0.717, 1.165) is 6.08 Å². The summed E-state index contributed by atoms with van der Waals surface area (Å²) < 4.78 is 5.08. The van der Waals surface area contributed by atoms with Gasteiger partial charge in [-0.1, -0.05) is 6.08 Å². The Bertz CT molecular complexity index is 673. The Morgan fingerprint density at radius 2 is 1.68 bits per heavy atom. The van der Waals surface area contributed by atoms with Gasteiger partial charge in [-0.3, -0.25) is 14.4 Å². The lowest BCUT2D eigenvalue weighted by Crippen LogP contribution is -2.23. The summed E-state index contributed by atoms with van der Waals surface area (Å²) >= 11 is 0. The van der Waals surface area contributed by atoms with Crippen molar-refractivity contribution < 1.29 is 19.1 Å². The number of fused-ring (bicyclic) bond motifs is 2. The van der Waals surface area contributed by atoms with E-state index in [1.165, 1.54) is 6.08 Å². The average molecular weight is 256 g/mol. The topological polar surface area (TPSA) is 86.2 Å². The number of Topliss-reactive ketones (excluding diaryl/α,β-unsaturated/α-hetero) is 2. The minimum atomic E-state index is -0.702. The van der Waals surface area contributed by atoms with Crippen molar-refractivity contribution in [1.29, 1.82) is 0 Å². The van der Waals surface area contributed by atoms with E-state index in [2.05, 4.69) is 9.97 Å². The Kier molecular flexibility index (Phi) is 2.64. The van der Waals surface area contributed by atoms with Crippen molar-refractivity contribution in [2.45, 2.75) is 0 Å². The second kappa shape index (κ2) is 4.33. The predicted molar refractivity (Wildman–Crippen MR) is 64.6 cm³/mol. The van der Waals surface area contributed by atoms with Crippen LogP contribution in [0.2, 0.25) is 0 Å². The third kappa shape index (κ3) is 1.92. The van der Waals surface area contributed by atoms with Crippen LogP contribution in [0.15, 0.2) is 12.2 Å². The van der Waals surface area contributed by atoms with Gasteiger partial charge in [-0.15, -0.1) is 0 Å². The van der Waals surface area contributed by atoms with E-state index in [1.54, 1.807) is 12.2 Å². The monoisotopic (exact) mass is 256 g/mol. The van der Waals surface area contributed by atoms with E-state index < -0.39 is 11.6 Å². The summed E-state index contributed by atoms with van der Waals surface area (Å²) in [7, 11) is 0. The van der Waals surface area contributed by atoms with Gasteiger partial charge >= 0.3 is 0 Å². The lowest BCUT2D eigenvalue weighted by atomic mass is 10.0. The second-order valence-electron chi connectivity index (χ2n) is 4.06. The highest BCUT2D eigenvalue weighted by molar-refractivity contribution is 6.49. The van der Waals surface area contributed by atoms with Gasteiger partial charge in [0, 0.05) is 0 Å². The molecule has 2 heterocycles. The fourth-order valence-electron chi connectivity index (χ4n) is 1.86. The molecule has 1 aliphatic heterocycles. The van der Waals surface area contributed by atoms with Gasteiger partial charge in [0.2, 0.25) is 11.6 Å². The number of carbonyl (C=O) groups excluding carboxylic acids is 3. The first-order valence-corrected chi connectivity index (χ1v) is 5.63. The van der Waals surface area contributed by atoms with E-state index in [1.807, 2.05) is 0 Å². The highest BCUT2D eigenvalue weighted by Crippen LogP contribution is 2.18. The van der Waals surface area contributed by atoms with Gasteiger partial charge in [0.05, 0.1) is 18.0 Å². The highest BCUT2D eigenvalue weighted by Gasteiger charge is 2.27. The Balaban J connectivity index is 2.22. The number of hydrogen-bond acceptors (Lipinski definition) is 6. The molecule has 0 unspecified atom stereocenters. The first-order valence-electron chi connectivity index (χ1n) is 5.63. The van der Waals surface area contributed by atoms with Crippen molar-refractivity contribution in [2.24, 2.45) is 0 Å². The van der Waals surface area contributed by atoms with Gasteiger partial charge in [-0.25, -0.2) is 9.97 Å². The zero-order valence-corrected chi connectivity index (χ0v) is 9.75. The van der Waals surface area contributed by atoms with Crippen LogP contribution in [0.25, 0.3) is 12.2 Å². The summed E-state index contributed by atoms with van der Waals surface area (Å²) in [5.41, 5.74) is 0.681. The number of allylic oxidation sites excluding steroid dienone is 1. The van der Waals surface area contributed by atoms with Crippen LogP contribution in [-0.2, 0) is 9.53 Å². The molecule has 0 saturated heterocycles. The number of rotatable bonds is 0. The Labute approximate surface area is 107 Å². The molecule has 19 heavy (non-hydrogen) atoms. The van der Waals surface area contributed by atoms with E-state index in [-0.39, 0.29) is 36.1 Å². The molecule has 0 radical (unpaired) electrons. The van der Waals surface area contributed by atoms with E-state index >= 15 is 0 Å². The lowest BCUT2D eigenvalue weighted by molar-refractivity contribution is -0.111. The van der Waals surface area contributed by atoms with E-state index in [0.29, 0.717) is 5.69 Å². The maximum Gasteiger partial charge on any atom is 0.253 e.